The molecule has 82 valence electrons. The van der Waals surface area contributed by atoms with Gasteiger partial charge in [-0.25, -0.2) is 8.78 Å². The van der Waals surface area contributed by atoms with Crippen molar-refractivity contribution in [3.8, 4) is 0 Å². The van der Waals surface area contributed by atoms with Gasteiger partial charge in [-0.2, -0.15) is 0 Å². The van der Waals surface area contributed by atoms with Crippen molar-refractivity contribution >= 4 is 11.8 Å². The fourth-order valence-corrected chi connectivity index (χ4v) is 1.19. The van der Waals surface area contributed by atoms with Crippen LogP contribution in [0, 0.1) is 0 Å². The van der Waals surface area contributed by atoms with E-state index in [0.29, 0.717) is 0 Å². The number of aromatic amines is 1. The van der Waals surface area contributed by atoms with Gasteiger partial charge in [0.25, 0.3) is 12.0 Å². The number of H-pyrrole nitrogens is 1. The normalized spacial score (nSPS) is 10.6. The summed E-state index contributed by atoms with van der Waals surface area (Å²) in [5.41, 5.74) is 3.05. The SMILES string of the molecule is Nc1cc(CC(=O)O)c(C(F)F)c(=O)[nH]1. The number of rotatable bonds is 3. The topological polar surface area (TPSA) is 96.2 Å². The molecule has 0 bridgehead atoms. The Labute approximate surface area is 82.5 Å². The lowest BCUT2D eigenvalue weighted by Crippen LogP contribution is -2.19. The summed E-state index contributed by atoms with van der Waals surface area (Å²) in [7, 11) is 0. The second kappa shape index (κ2) is 4.07. The number of carboxylic acids is 1. The van der Waals surface area contributed by atoms with Crippen LogP contribution < -0.4 is 11.3 Å². The molecule has 0 saturated heterocycles. The highest BCUT2D eigenvalue weighted by atomic mass is 19.3. The average Bonchev–Trinajstić information content (AvgIpc) is 1.99. The maximum atomic E-state index is 12.4. The van der Waals surface area contributed by atoms with Crippen LogP contribution in [0.4, 0.5) is 14.6 Å². The number of hydrogen-bond donors (Lipinski definition) is 3. The molecule has 1 aromatic rings. The van der Waals surface area contributed by atoms with Gasteiger partial charge in [-0.05, 0) is 11.6 Å². The number of nitrogen functional groups attached to an aromatic ring is 1. The second-order valence-electron chi connectivity index (χ2n) is 2.86. The summed E-state index contributed by atoms with van der Waals surface area (Å²) in [6.07, 6.45) is -3.68. The van der Waals surface area contributed by atoms with Crippen molar-refractivity contribution in [3.63, 3.8) is 0 Å². The summed E-state index contributed by atoms with van der Waals surface area (Å²) in [5.74, 6) is -1.44. The van der Waals surface area contributed by atoms with E-state index in [1.807, 2.05) is 4.98 Å². The number of anilines is 1. The maximum absolute atomic E-state index is 12.4. The van der Waals surface area contributed by atoms with Crippen molar-refractivity contribution in [3.05, 3.63) is 27.5 Å². The van der Waals surface area contributed by atoms with Gasteiger partial charge in [0.1, 0.15) is 5.82 Å². The molecular weight excluding hydrogens is 210 g/mol. The fourth-order valence-electron chi connectivity index (χ4n) is 1.19. The third-order valence-corrected chi connectivity index (χ3v) is 1.74. The van der Waals surface area contributed by atoms with E-state index in [2.05, 4.69) is 0 Å². The first-order valence-corrected chi connectivity index (χ1v) is 3.93. The van der Waals surface area contributed by atoms with Crippen LogP contribution in [0.15, 0.2) is 10.9 Å². The Morgan fingerprint density at radius 2 is 2.20 bits per heavy atom. The quantitative estimate of drug-likeness (QED) is 0.689. The molecule has 0 spiro atoms. The number of nitrogens with one attached hydrogen (secondary N) is 1. The molecule has 0 aliphatic rings. The predicted molar refractivity (Wildman–Crippen MR) is 47.8 cm³/mol. The monoisotopic (exact) mass is 218 g/mol. The highest BCUT2D eigenvalue weighted by Crippen LogP contribution is 2.20. The lowest BCUT2D eigenvalue weighted by atomic mass is 10.1. The number of carbonyl (C=O) groups is 1. The van der Waals surface area contributed by atoms with Gasteiger partial charge in [-0.3, -0.25) is 9.59 Å². The molecule has 15 heavy (non-hydrogen) atoms. The van der Waals surface area contributed by atoms with E-state index in [9.17, 15) is 18.4 Å². The lowest BCUT2D eigenvalue weighted by Gasteiger charge is -2.06. The van der Waals surface area contributed by atoms with Gasteiger partial charge in [-0.1, -0.05) is 0 Å². The van der Waals surface area contributed by atoms with E-state index in [4.69, 9.17) is 10.8 Å². The number of pyridine rings is 1. The minimum absolute atomic E-state index is 0.138. The Morgan fingerprint density at radius 1 is 1.60 bits per heavy atom. The van der Waals surface area contributed by atoms with Gasteiger partial charge in [0.05, 0.1) is 12.0 Å². The Kier molecular flexibility index (Phi) is 3.03. The molecule has 0 aliphatic heterocycles. The molecule has 1 heterocycles. The zero-order valence-corrected chi connectivity index (χ0v) is 7.46. The van der Waals surface area contributed by atoms with Crippen LogP contribution in [0.25, 0.3) is 0 Å². The van der Waals surface area contributed by atoms with Gasteiger partial charge in [-0.15, -0.1) is 0 Å². The molecule has 4 N–H and O–H groups in total. The summed E-state index contributed by atoms with van der Waals surface area (Å²) in [4.78, 5) is 23.4. The molecule has 0 amide bonds. The summed E-state index contributed by atoms with van der Waals surface area (Å²) in [6, 6.07) is 1.02. The third-order valence-electron chi connectivity index (χ3n) is 1.74. The Morgan fingerprint density at radius 3 is 2.67 bits per heavy atom. The van der Waals surface area contributed by atoms with Crippen LogP contribution >= 0.6 is 0 Å². The number of halogens is 2. The summed E-state index contributed by atoms with van der Waals surface area (Å²) >= 11 is 0. The first-order chi connectivity index (χ1) is 6.91. The zero-order chi connectivity index (χ0) is 11.6. The standard InChI is InChI=1S/C8H8F2N2O3/c9-7(10)6-3(2-5(13)14)1-4(11)12-8(6)15/h1,7H,2H2,(H,13,14)(H3,11,12,15). The Balaban J connectivity index is 3.33. The highest BCUT2D eigenvalue weighted by Gasteiger charge is 2.19. The maximum Gasteiger partial charge on any atom is 0.307 e. The molecule has 0 atom stereocenters. The minimum Gasteiger partial charge on any atom is -0.481 e. The molecule has 0 saturated carbocycles. The molecule has 0 fully saturated rings. The summed E-state index contributed by atoms with van der Waals surface area (Å²) in [5, 5.41) is 8.46. The molecule has 0 radical (unpaired) electrons. The van der Waals surface area contributed by atoms with E-state index in [1.165, 1.54) is 0 Å². The Hall–Kier alpha value is -1.92. The van der Waals surface area contributed by atoms with E-state index in [-0.39, 0.29) is 11.4 Å². The molecule has 0 unspecified atom stereocenters. The molecule has 0 aliphatic carbocycles. The van der Waals surface area contributed by atoms with Gasteiger partial charge < -0.3 is 15.8 Å². The average molecular weight is 218 g/mol. The van der Waals surface area contributed by atoms with Crippen molar-refractivity contribution in [1.29, 1.82) is 0 Å². The molecular formula is C8H8F2N2O3. The lowest BCUT2D eigenvalue weighted by molar-refractivity contribution is -0.136. The van der Waals surface area contributed by atoms with Crippen molar-refractivity contribution in [2.75, 3.05) is 5.73 Å². The summed E-state index contributed by atoms with van der Waals surface area (Å²) in [6.45, 7) is 0. The smallest absolute Gasteiger partial charge is 0.307 e. The van der Waals surface area contributed by atoms with Crippen molar-refractivity contribution in [2.45, 2.75) is 12.8 Å². The third kappa shape index (κ3) is 2.52. The van der Waals surface area contributed by atoms with Gasteiger partial charge in [0, 0.05) is 0 Å². The second-order valence-corrected chi connectivity index (χ2v) is 2.86. The van der Waals surface area contributed by atoms with Crippen LogP contribution in [-0.2, 0) is 11.2 Å². The largest absolute Gasteiger partial charge is 0.481 e. The molecule has 7 heteroatoms. The van der Waals surface area contributed by atoms with Gasteiger partial charge in [0.2, 0.25) is 0 Å². The van der Waals surface area contributed by atoms with Gasteiger partial charge >= 0.3 is 5.97 Å². The van der Waals surface area contributed by atoms with Crippen LogP contribution in [0.1, 0.15) is 17.6 Å². The predicted octanol–water partition coefficient (Wildman–Crippen LogP) is 0.522. The van der Waals surface area contributed by atoms with Crippen LogP contribution in [-0.4, -0.2) is 16.1 Å². The summed E-state index contributed by atoms with van der Waals surface area (Å²) < 4.78 is 24.8. The number of aliphatic carboxylic acids is 1. The van der Waals surface area contributed by atoms with E-state index in [0.717, 1.165) is 6.07 Å². The Bertz CT molecular complexity index is 442. The first kappa shape index (κ1) is 11.2. The first-order valence-electron chi connectivity index (χ1n) is 3.93. The zero-order valence-electron chi connectivity index (χ0n) is 7.46. The molecule has 1 rings (SSSR count). The van der Waals surface area contributed by atoms with Crippen LogP contribution in [0.5, 0.6) is 0 Å². The van der Waals surface area contributed by atoms with Crippen molar-refractivity contribution in [1.82, 2.24) is 4.98 Å². The van der Waals surface area contributed by atoms with E-state index >= 15 is 0 Å². The number of carboxylic acid groups (broad SMARTS) is 1. The highest BCUT2D eigenvalue weighted by molar-refractivity contribution is 5.71. The van der Waals surface area contributed by atoms with Gasteiger partial charge in [0.15, 0.2) is 0 Å². The van der Waals surface area contributed by atoms with E-state index < -0.39 is 29.9 Å². The molecule has 0 aromatic carbocycles. The number of alkyl halides is 2. The molecule has 1 aromatic heterocycles. The van der Waals surface area contributed by atoms with Crippen molar-refractivity contribution < 1.29 is 18.7 Å². The number of aromatic nitrogens is 1. The van der Waals surface area contributed by atoms with Crippen LogP contribution in [0.3, 0.4) is 0 Å². The van der Waals surface area contributed by atoms with Crippen molar-refractivity contribution in [2.24, 2.45) is 0 Å². The van der Waals surface area contributed by atoms with Crippen LogP contribution in [0.2, 0.25) is 0 Å². The number of nitrogens with two attached hydrogens (primary N) is 1. The molecule has 5 nitrogen and oxygen atoms in total. The fraction of sp³-hybridized carbons (Fsp3) is 0.250. The number of hydrogen-bond acceptors (Lipinski definition) is 3. The van der Waals surface area contributed by atoms with E-state index in [1.54, 1.807) is 0 Å². The minimum atomic E-state index is -3.02.